The molecule has 0 bridgehead atoms. The third-order valence-electron chi connectivity index (χ3n) is 2.25. The predicted octanol–water partition coefficient (Wildman–Crippen LogP) is 2.87. The average Bonchev–Trinajstić information content (AvgIpc) is 2.68. The highest BCUT2D eigenvalue weighted by Crippen LogP contribution is 2.23. The number of nitrogens with one attached hydrogen (secondary N) is 2. The van der Waals surface area contributed by atoms with Gasteiger partial charge in [0.1, 0.15) is 5.82 Å². The lowest BCUT2D eigenvalue weighted by atomic mass is 10.2. The number of aromatic amines is 1. The van der Waals surface area contributed by atoms with Gasteiger partial charge >= 0.3 is 0 Å². The van der Waals surface area contributed by atoms with Crippen molar-refractivity contribution in [1.29, 1.82) is 0 Å². The number of carbonyl (C=O) groups excluding carboxylic acids is 1. The maximum absolute atomic E-state index is 12.9. The predicted molar refractivity (Wildman–Crippen MR) is 65.4 cm³/mol. The Balaban J connectivity index is 2.22. The number of benzene rings is 1. The molecule has 0 aliphatic heterocycles. The smallest absolute Gasteiger partial charge is 0.259 e. The van der Waals surface area contributed by atoms with Gasteiger partial charge in [0, 0.05) is 10.2 Å². The van der Waals surface area contributed by atoms with E-state index in [4.69, 9.17) is 0 Å². The van der Waals surface area contributed by atoms with Crippen LogP contribution < -0.4 is 5.32 Å². The lowest BCUT2D eigenvalue weighted by molar-refractivity contribution is 0.102. The number of nitrogens with zero attached hydrogens (tertiary/aromatic N) is 1. The summed E-state index contributed by atoms with van der Waals surface area (Å²) in [5.74, 6) is -0.655. The van der Waals surface area contributed by atoms with Crippen molar-refractivity contribution in [3.63, 3.8) is 0 Å². The summed E-state index contributed by atoms with van der Waals surface area (Å²) >= 11 is 3.18. The summed E-state index contributed by atoms with van der Waals surface area (Å²) in [5, 5.41) is 9.11. The minimum Gasteiger partial charge on any atom is -0.321 e. The number of rotatable bonds is 2. The zero-order chi connectivity index (χ0) is 12.4. The van der Waals surface area contributed by atoms with Crippen molar-refractivity contribution in [2.24, 2.45) is 0 Å². The molecule has 1 heterocycles. The molecule has 0 aliphatic carbocycles. The first-order chi connectivity index (χ1) is 8.08. The van der Waals surface area contributed by atoms with Crippen LogP contribution in [0.3, 0.4) is 0 Å². The highest BCUT2D eigenvalue weighted by Gasteiger charge is 2.12. The first-order valence-corrected chi connectivity index (χ1v) is 5.63. The van der Waals surface area contributed by atoms with E-state index < -0.39 is 0 Å². The maximum atomic E-state index is 12.9. The average molecular weight is 298 g/mol. The molecule has 0 saturated carbocycles. The summed E-state index contributed by atoms with van der Waals surface area (Å²) in [6.07, 6.45) is 1.45. The van der Waals surface area contributed by atoms with Gasteiger partial charge in [-0.1, -0.05) is 0 Å². The van der Waals surface area contributed by atoms with Gasteiger partial charge in [-0.2, -0.15) is 5.10 Å². The van der Waals surface area contributed by atoms with E-state index in [2.05, 4.69) is 31.4 Å². The summed E-state index contributed by atoms with van der Waals surface area (Å²) in [5.41, 5.74) is 1.65. The summed E-state index contributed by atoms with van der Waals surface area (Å²) in [7, 11) is 0. The van der Waals surface area contributed by atoms with Gasteiger partial charge in [0.15, 0.2) is 0 Å². The van der Waals surface area contributed by atoms with E-state index in [1.54, 1.807) is 6.92 Å². The summed E-state index contributed by atoms with van der Waals surface area (Å²) in [4.78, 5) is 11.8. The fourth-order valence-corrected chi connectivity index (χ4v) is 1.81. The molecule has 4 nitrogen and oxygen atoms in total. The first kappa shape index (κ1) is 11.8. The lowest BCUT2D eigenvalue weighted by Crippen LogP contribution is -2.12. The van der Waals surface area contributed by atoms with Crippen LogP contribution in [0.5, 0.6) is 0 Å². The summed E-state index contributed by atoms with van der Waals surface area (Å²) < 4.78 is 13.4. The van der Waals surface area contributed by atoms with E-state index in [-0.39, 0.29) is 11.7 Å². The third-order valence-corrected chi connectivity index (χ3v) is 2.91. The van der Waals surface area contributed by atoms with Gasteiger partial charge in [-0.3, -0.25) is 9.89 Å². The molecule has 0 unspecified atom stereocenters. The maximum Gasteiger partial charge on any atom is 0.259 e. The SMILES string of the molecule is Cc1[nH]ncc1C(=O)Nc1ccc(F)cc1Br. The molecule has 0 atom stereocenters. The van der Waals surface area contributed by atoms with Crippen molar-refractivity contribution in [3.05, 3.63) is 45.9 Å². The number of halogens is 2. The van der Waals surface area contributed by atoms with E-state index in [9.17, 15) is 9.18 Å². The molecule has 0 saturated heterocycles. The van der Waals surface area contributed by atoms with Crippen molar-refractivity contribution >= 4 is 27.5 Å². The number of anilines is 1. The Kier molecular flexibility index (Phi) is 3.23. The Bertz CT molecular complexity index is 568. The highest BCUT2D eigenvalue weighted by atomic mass is 79.9. The van der Waals surface area contributed by atoms with E-state index in [1.807, 2.05) is 0 Å². The Hall–Kier alpha value is -1.69. The second kappa shape index (κ2) is 4.67. The topological polar surface area (TPSA) is 57.8 Å². The van der Waals surface area contributed by atoms with Crippen LogP contribution in [0.2, 0.25) is 0 Å². The number of hydrogen-bond donors (Lipinski definition) is 2. The molecule has 2 N–H and O–H groups in total. The molecule has 2 aromatic rings. The van der Waals surface area contributed by atoms with Gasteiger partial charge in [0.05, 0.1) is 17.4 Å². The second-order valence-electron chi connectivity index (χ2n) is 3.49. The van der Waals surface area contributed by atoms with Crippen molar-refractivity contribution in [2.75, 3.05) is 5.32 Å². The number of aromatic nitrogens is 2. The van der Waals surface area contributed by atoms with Gasteiger partial charge in [-0.15, -0.1) is 0 Å². The van der Waals surface area contributed by atoms with E-state index >= 15 is 0 Å². The van der Waals surface area contributed by atoms with Gasteiger partial charge in [0.2, 0.25) is 0 Å². The Morgan fingerprint density at radius 2 is 2.29 bits per heavy atom. The second-order valence-corrected chi connectivity index (χ2v) is 4.34. The minimum atomic E-state index is -0.366. The van der Waals surface area contributed by atoms with Gasteiger partial charge in [-0.25, -0.2) is 4.39 Å². The monoisotopic (exact) mass is 297 g/mol. The molecule has 88 valence electrons. The minimum absolute atomic E-state index is 0.288. The number of H-pyrrole nitrogens is 1. The number of amides is 1. The van der Waals surface area contributed by atoms with Crippen molar-refractivity contribution in [3.8, 4) is 0 Å². The summed E-state index contributed by atoms with van der Waals surface area (Å²) in [6, 6.07) is 4.06. The zero-order valence-electron chi connectivity index (χ0n) is 8.92. The van der Waals surface area contributed by atoms with Crippen LogP contribution in [-0.4, -0.2) is 16.1 Å². The van der Waals surface area contributed by atoms with Crippen LogP contribution in [0, 0.1) is 12.7 Å². The molecule has 2 rings (SSSR count). The van der Waals surface area contributed by atoms with Crippen molar-refractivity contribution in [1.82, 2.24) is 10.2 Å². The number of aryl methyl sites for hydroxylation is 1. The molecule has 0 spiro atoms. The van der Waals surface area contributed by atoms with Crippen LogP contribution in [0.4, 0.5) is 10.1 Å². The molecular weight excluding hydrogens is 289 g/mol. The molecule has 1 amide bonds. The van der Waals surface area contributed by atoms with E-state index in [0.29, 0.717) is 21.4 Å². The van der Waals surface area contributed by atoms with Crippen LogP contribution >= 0.6 is 15.9 Å². The Morgan fingerprint density at radius 3 is 2.88 bits per heavy atom. The van der Waals surface area contributed by atoms with Gasteiger partial charge < -0.3 is 5.32 Å². The normalized spacial score (nSPS) is 10.3. The quantitative estimate of drug-likeness (QED) is 0.895. The van der Waals surface area contributed by atoms with Crippen LogP contribution in [0.25, 0.3) is 0 Å². The van der Waals surface area contributed by atoms with Crippen molar-refractivity contribution in [2.45, 2.75) is 6.92 Å². The van der Waals surface area contributed by atoms with E-state index in [0.717, 1.165) is 0 Å². The fourth-order valence-electron chi connectivity index (χ4n) is 1.36. The molecule has 17 heavy (non-hydrogen) atoms. The lowest BCUT2D eigenvalue weighted by Gasteiger charge is -2.06. The molecule has 6 heteroatoms. The molecule has 1 aromatic carbocycles. The largest absolute Gasteiger partial charge is 0.321 e. The van der Waals surface area contributed by atoms with Crippen LogP contribution in [-0.2, 0) is 0 Å². The van der Waals surface area contributed by atoms with Gasteiger partial charge in [-0.05, 0) is 41.1 Å². The molecule has 0 fully saturated rings. The first-order valence-electron chi connectivity index (χ1n) is 4.84. The van der Waals surface area contributed by atoms with E-state index in [1.165, 1.54) is 24.4 Å². The molecular formula is C11H9BrFN3O. The standard InChI is InChI=1S/C11H9BrFN3O/c1-6-8(5-14-16-6)11(17)15-10-3-2-7(13)4-9(10)12/h2-5H,1H3,(H,14,16)(H,15,17). The van der Waals surface area contributed by atoms with Crippen molar-refractivity contribution < 1.29 is 9.18 Å². The molecule has 0 aliphatic rings. The highest BCUT2D eigenvalue weighted by molar-refractivity contribution is 9.10. The van der Waals surface area contributed by atoms with Crippen LogP contribution in [0.1, 0.15) is 16.1 Å². The van der Waals surface area contributed by atoms with Crippen LogP contribution in [0.15, 0.2) is 28.9 Å². The number of carbonyl (C=O) groups is 1. The third kappa shape index (κ3) is 2.52. The molecule has 0 radical (unpaired) electrons. The number of hydrogen-bond acceptors (Lipinski definition) is 2. The molecule has 1 aromatic heterocycles. The Morgan fingerprint density at radius 1 is 1.53 bits per heavy atom. The zero-order valence-corrected chi connectivity index (χ0v) is 10.5. The summed E-state index contributed by atoms with van der Waals surface area (Å²) in [6.45, 7) is 1.75. The Labute approximate surface area is 105 Å². The fraction of sp³-hybridized carbons (Fsp3) is 0.0909. The van der Waals surface area contributed by atoms with Gasteiger partial charge in [0.25, 0.3) is 5.91 Å².